The third kappa shape index (κ3) is 7.43. The van der Waals surface area contributed by atoms with E-state index in [-0.39, 0.29) is 25.0 Å². The number of carbonyl (C=O) groups is 2. The van der Waals surface area contributed by atoms with Crippen LogP contribution in [0.2, 0.25) is 5.02 Å². The van der Waals surface area contributed by atoms with Gasteiger partial charge in [0.1, 0.15) is 17.5 Å². The molecule has 6 nitrogen and oxygen atoms in total. The van der Waals surface area contributed by atoms with Crippen LogP contribution in [0, 0.1) is 0 Å². The van der Waals surface area contributed by atoms with E-state index in [1.54, 1.807) is 30.2 Å². The van der Waals surface area contributed by atoms with Gasteiger partial charge in [-0.3, -0.25) is 9.59 Å². The molecule has 0 aliphatic heterocycles. The van der Waals surface area contributed by atoms with E-state index in [4.69, 9.17) is 21.1 Å². The second-order valence-corrected chi connectivity index (χ2v) is 8.24. The summed E-state index contributed by atoms with van der Waals surface area (Å²) in [7, 11) is 1.59. The highest BCUT2D eigenvalue weighted by Crippen LogP contribution is 2.28. The van der Waals surface area contributed by atoms with Crippen LogP contribution in [-0.4, -0.2) is 43.0 Å². The normalized spacial score (nSPS) is 11.5. The lowest BCUT2D eigenvalue weighted by Crippen LogP contribution is -2.50. The molecule has 0 heterocycles. The molecule has 2 amide bonds. The Bertz CT molecular complexity index is 894. The maximum Gasteiger partial charge on any atom is 0.261 e. The molecule has 0 aromatic heterocycles. The van der Waals surface area contributed by atoms with Gasteiger partial charge in [-0.25, -0.2) is 0 Å². The number of benzene rings is 2. The molecule has 1 atom stereocenters. The van der Waals surface area contributed by atoms with Crippen LogP contribution < -0.4 is 14.8 Å². The smallest absolute Gasteiger partial charge is 0.261 e. The van der Waals surface area contributed by atoms with Crippen LogP contribution in [0.1, 0.15) is 32.3 Å². The van der Waals surface area contributed by atoms with Crippen LogP contribution in [0.25, 0.3) is 0 Å². The number of methoxy groups -OCH3 is 1. The number of amides is 2. The molecule has 8 heteroatoms. The van der Waals surface area contributed by atoms with E-state index in [1.807, 2.05) is 38.1 Å². The van der Waals surface area contributed by atoms with Gasteiger partial charge in [-0.2, -0.15) is 0 Å². The van der Waals surface area contributed by atoms with Crippen LogP contribution in [0.5, 0.6) is 11.5 Å². The Balaban J connectivity index is 2.23. The number of carbonyl (C=O) groups excluding carboxylic acids is 2. The number of hydrogen-bond donors (Lipinski definition) is 1. The summed E-state index contributed by atoms with van der Waals surface area (Å²) in [6.07, 6.45) is 1.30. The van der Waals surface area contributed by atoms with Crippen LogP contribution in [0.3, 0.4) is 0 Å². The van der Waals surface area contributed by atoms with E-state index in [0.717, 1.165) is 12.0 Å². The Morgan fingerprint density at radius 1 is 1.19 bits per heavy atom. The number of hydrogen-bond acceptors (Lipinski definition) is 4. The maximum atomic E-state index is 13.2. The summed E-state index contributed by atoms with van der Waals surface area (Å²) in [5, 5.41) is 3.45. The van der Waals surface area contributed by atoms with Crippen molar-refractivity contribution < 1.29 is 19.1 Å². The number of ether oxygens (including phenoxy) is 2. The minimum absolute atomic E-state index is 0.173. The van der Waals surface area contributed by atoms with Crippen molar-refractivity contribution in [1.29, 1.82) is 0 Å². The van der Waals surface area contributed by atoms with Gasteiger partial charge in [0.15, 0.2) is 6.61 Å². The standard InChI is InChI=1S/C23H28BrClN2O4/c1-4-11-26-23(29)20(5-2)27(14-16-7-6-8-18(12-16)30-3)22(28)15-31-21-10-9-17(25)13-19(21)24/h6-10,12-13,20H,4-5,11,14-15H2,1-3H3,(H,26,29)/t20-/m1/s1. The molecule has 2 aromatic rings. The van der Waals surface area contributed by atoms with E-state index < -0.39 is 6.04 Å². The Kier molecular flexibility index (Phi) is 10.1. The summed E-state index contributed by atoms with van der Waals surface area (Å²) < 4.78 is 11.7. The predicted molar refractivity (Wildman–Crippen MR) is 126 cm³/mol. The van der Waals surface area contributed by atoms with Crippen molar-refractivity contribution in [2.24, 2.45) is 0 Å². The summed E-state index contributed by atoms with van der Waals surface area (Å²) in [6.45, 7) is 4.49. The molecule has 0 saturated carbocycles. The highest BCUT2D eigenvalue weighted by Gasteiger charge is 2.29. The number of halogens is 2. The molecule has 0 saturated heterocycles. The first kappa shape index (κ1) is 25.0. The van der Waals surface area contributed by atoms with E-state index in [9.17, 15) is 9.59 Å². The topological polar surface area (TPSA) is 67.9 Å². The van der Waals surface area contributed by atoms with Gasteiger partial charge in [-0.05, 0) is 64.7 Å². The van der Waals surface area contributed by atoms with Gasteiger partial charge in [0, 0.05) is 18.1 Å². The number of nitrogens with one attached hydrogen (secondary N) is 1. The molecular weight excluding hydrogens is 484 g/mol. The molecule has 0 aliphatic carbocycles. The zero-order valence-electron chi connectivity index (χ0n) is 18.0. The third-order valence-electron chi connectivity index (χ3n) is 4.67. The van der Waals surface area contributed by atoms with E-state index >= 15 is 0 Å². The van der Waals surface area contributed by atoms with Gasteiger partial charge >= 0.3 is 0 Å². The maximum absolute atomic E-state index is 13.2. The molecule has 0 spiro atoms. The molecular formula is C23H28BrClN2O4. The molecule has 0 bridgehead atoms. The molecule has 1 N–H and O–H groups in total. The quantitative estimate of drug-likeness (QED) is 0.469. The fourth-order valence-electron chi connectivity index (χ4n) is 3.07. The van der Waals surface area contributed by atoms with Gasteiger partial charge in [-0.1, -0.05) is 37.6 Å². The highest BCUT2D eigenvalue weighted by molar-refractivity contribution is 9.10. The minimum atomic E-state index is -0.609. The first-order valence-corrected chi connectivity index (χ1v) is 11.3. The van der Waals surface area contributed by atoms with E-state index in [1.165, 1.54) is 0 Å². The second kappa shape index (κ2) is 12.6. The summed E-state index contributed by atoms with van der Waals surface area (Å²) >= 11 is 9.35. The average Bonchev–Trinajstić information content (AvgIpc) is 2.76. The molecule has 168 valence electrons. The van der Waals surface area contributed by atoms with Crippen molar-refractivity contribution in [3.05, 3.63) is 57.5 Å². The SMILES string of the molecule is CCCNC(=O)[C@@H](CC)N(Cc1cccc(OC)c1)C(=O)COc1ccc(Cl)cc1Br. The molecule has 0 aliphatic rings. The van der Waals surface area contributed by atoms with Crippen molar-refractivity contribution in [3.8, 4) is 11.5 Å². The third-order valence-corrected chi connectivity index (χ3v) is 5.52. The summed E-state index contributed by atoms with van der Waals surface area (Å²) in [6, 6.07) is 11.9. The van der Waals surface area contributed by atoms with Gasteiger partial charge in [-0.15, -0.1) is 0 Å². The lowest BCUT2D eigenvalue weighted by atomic mass is 10.1. The zero-order chi connectivity index (χ0) is 22.8. The first-order chi connectivity index (χ1) is 14.9. The summed E-state index contributed by atoms with van der Waals surface area (Å²) in [4.78, 5) is 27.5. The monoisotopic (exact) mass is 510 g/mol. The van der Waals surface area contributed by atoms with Gasteiger partial charge in [0.25, 0.3) is 5.91 Å². The molecule has 2 aromatic carbocycles. The minimum Gasteiger partial charge on any atom is -0.497 e. The molecule has 2 rings (SSSR count). The molecule has 0 radical (unpaired) electrons. The average molecular weight is 512 g/mol. The molecule has 0 unspecified atom stereocenters. The first-order valence-electron chi connectivity index (χ1n) is 10.2. The van der Waals surface area contributed by atoms with Crippen molar-refractivity contribution in [3.63, 3.8) is 0 Å². The predicted octanol–water partition coefficient (Wildman–Crippen LogP) is 4.82. The van der Waals surface area contributed by atoms with Crippen LogP contribution in [0.15, 0.2) is 46.9 Å². The summed E-state index contributed by atoms with van der Waals surface area (Å²) in [5.41, 5.74) is 0.863. The van der Waals surface area contributed by atoms with Crippen LogP contribution >= 0.6 is 27.5 Å². The van der Waals surface area contributed by atoms with Gasteiger partial charge in [0.05, 0.1) is 11.6 Å². The Morgan fingerprint density at radius 3 is 2.61 bits per heavy atom. The van der Waals surface area contributed by atoms with Crippen LogP contribution in [0.4, 0.5) is 0 Å². The fraction of sp³-hybridized carbons (Fsp3) is 0.391. The molecule has 31 heavy (non-hydrogen) atoms. The highest BCUT2D eigenvalue weighted by atomic mass is 79.9. The second-order valence-electron chi connectivity index (χ2n) is 6.95. The Labute approximate surface area is 197 Å². The Hall–Kier alpha value is -2.25. The van der Waals surface area contributed by atoms with Gasteiger partial charge in [0.2, 0.25) is 5.91 Å². The van der Waals surface area contributed by atoms with E-state index in [2.05, 4.69) is 21.2 Å². The van der Waals surface area contributed by atoms with E-state index in [0.29, 0.717) is 34.0 Å². The van der Waals surface area contributed by atoms with Crippen molar-refractivity contribution in [1.82, 2.24) is 10.2 Å². The number of rotatable bonds is 11. The number of nitrogens with zero attached hydrogens (tertiary/aromatic N) is 1. The van der Waals surface area contributed by atoms with Crippen molar-refractivity contribution >= 4 is 39.3 Å². The Morgan fingerprint density at radius 2 is 1.97 bits per heavy atom. The van der Waals surface area contributed by atoms with Crippen LogP contribution in [-0.2, 0) is 16.1 Å². The van der Waals surface area contributed by atoms with Gasteiger partial charge < -0.3 is 19.7 Å². The van der Waals surface area contributed by atoms with Crippen molar-refractivity contribution in [2.45, 2.75) is 39.3 Å². The fourth-order valence-corrected chi connectivity index (χ4v) is 3.86. The zero-order valence-corrected chi connectivity index (χ0v) is 20.3. The van der Waals surface area contributed by atoms with Crippen molar-refractivity contribution in [2.75, 3.05) is 20.3 Å². The lowest BCUT2D eigenvalue weighted by Gasteiger charge is -2.30. The summed E-state index contributed by atoms with van der Waals surface area (Å²) in [5.74, 6) is 0.730. The largest absolute Gasteiger partial charge is 0.497 e. The lowest BCUT2D eigenvalue weighted by molar-refractivity contribution is -0.143. The molecule has 0 fully saturated rings.